The third-order valence-electron chi connectivity index (χ3n) is 4.44. The molecule has 1 aliphatic heterocycles. The molecule has 0 spiro atoms. The highest BCUT2D eigenvalue weighted by Crippen LogP contribution is 2.27. The molecule has 2 aliphatic rings. The van der Waals surface area contributed by atoms with E-state index in [2.05, 4.69) is 10.2 Å². The summed E-state index contributed by atoms with van der Waals surface area (Å²) in [5.74, 6) is 1.09. The lowest BCUT2D eigenvalue weighted by atomic mass is 9.86. The maximum atomic E-state index is 12.2. The van der Waals surface area contributed by atoms with E-state index >= 15 is 0 Å². The van der Waals surface area contributed by atoms with Gasteiger partial charge in [0.05, 0.1) is 0 Å². The summed E-state index contributed by atoms with van der Waals surface area (Å²) < 4.78 is 0. The molecule has 18 heavy (non-hydrogen) atoms. The lowest BCUT2D eigenvalue weighted by molar-refractivity contribution is -0.133. The first-order valence-corrected chi connectivity index (χ1v) is 7.24. The van der Waals surface area contributed by atoms with Crippen molar-refractivity contribution in [3.8, 4) is 0 Å². The van der Waals surface area contributed by atoms with Gasteiger partial charge in [-0.05, 0) is 38.6 Å². The third-order valence-corrected chi connectivity index (χ3v) is 4.44. The number of piperidine rings is 1. The van der Waals surface area contributed by atoms with Gasteiger partial charge in [0, 0.05) is 25.6 Å². The number of nitrogens with one attached hydrogen (secondary N) is 1. The second-order valence-electron chi connectivity index (χ2n) is 5.65. The van der Waals surface area contributed by atoms with Crippen LogP contribution in [0.3, 0.4) is 0 Å². The summed E-state index contributed by atoms with van der Waals surface area (Å²) >= 11 is 0. The largest absolute Gasteiger partial charge is 0.343 e. The Morgan fingerprint density at radius 2 is 1.72 bits per heavy atom. The van der Waals surface area contributed by atoms with E-state index in [0.29, 0.717) is 17.9 Å². The topological polar surface area (TPSA) is 32.3 Å². The molecule has 1 aliphatic carbocycles. The number of halogens is 1. The molecule has 1 saturated heterocycles. The zero-order valence-electron chi connectivity index (χ0n) is 11.5. The van der Waals surface area contributed by atoms with Crippen LogP contribution in [0.25, 0.3) is 0 Å². The van der Waals surface area contributed by atoms with Crippen molar-refractivity contribution in [2.24, 2.45) is 5.92 Å². The maximum Gasteiger partial charge on any atom is 0.222 e. The van der Waals surface area contributed by atoms with Gasteiger partial charge < -0.3 is 10.2 Å². The van der Waals surface area contributed by atoms with E-state index in [1.54, 1.807) is 0 Å². The van der Waals surface area contributed by atoms with Gasteiger partial charge in [0.25, 0.3) is 0 Å². The Hall–Kier alpha value is -0.280. The fourth-order valence-electron chi connectivity index (χ4n) is 3.18. The van der Waals surface area contributed by atoms with E-state index in [1.165, 1.54) is 32.1 Å². The number of rotatable bonds is 3. The Balaban J connectivity index is 0.00000162. The normalized spacial score (nSPS) is 22.6. The van der Waals surface area contributed by atoms with Gasteiger partial charge in [-0.2, -0.15) is 0 Å². The summed E-state index contributed by atoms with van der Waals surface area (Å²) in [5.41, 5.74) is 0. The minimum atomic E-state index is 0. The molecule has 4 heteroatoms. The van der Waals surface area contributed by atoms with Crippen LogP contribution in [0.15, 0.2) is 0 Å². The molecular weight excluding hydrogens is 248 g/mol. The second kappa shape index (κ2) is 8.00. The van der Waals surface area contributed by atoms with Crippen molar-refractivity contribution < 1.29 is 4.79 Å². The first-order valence-electron chi connectivity index (χ1n) is 7.24. The Morgan fingerprint density at radius 3 is 2.28 bits per heavy atom. The van der Waals surface area contributed by atoms with Gasteiger partial charge in [-0.15, -0.1) is 12.4 Å². The van der Waals surface area contributed by atoms with Crippen molar-refractivity contribution in [1.82, 2.24) is 10.2 Å². The molecule has 0 radical (unpaired) electrons. The molecule has 2 fully saturated rings. The van der Waals surface area contributed by atoms with Gasteiger partial charge in [0.2, 0.25) is 5.91 Å². The quantitative estimate of drug-likeness (QED) is 0.858. The summed E-state index contributed by atoms with van der Waals surface area (Å²) in [6.07, 6.45) is 9.64. The molecule has 2 rings (SSSR count). The van der Waals surface area contributed by atoms with Crippen molar-refractivity contribution in [3.63, 3.8) is 0 Å². The molecule has 0 aromatic carbocycles. The molecule has 0 atom stereocenters. The van der Waals surface area contributed by atoms with E-state index in [4.69, 9.17) is 0 Å². The van der Waals surface area contributed by atoms with Gasteiger partial charge in [0.1, 0.15) is 0 Å². The van der Waals surface area contributed by atoms with Gasteiger partial charge in [-0.3, -0.25) is 4.79 Å². The Morgan fingerprint density at radius 1 is 1.11 bits per heavy atom. The van der Waals surface area contributed by atoms with E-state index in [-0.39, 0.29) is 12.4 Å². The van der Waals surface area contributed by atoms with E-state index in [9.17, 15) is 4.79 Å². The zero-order valence-corrected chi connectivity index (χ0v) is 12.3. The van der Waals surface area contributed by atoms with E-state index in [1.807, 2.05) is 7.05 Å². The highest BCUT2D eigenvalue weighted by atomic mass is 35.5. The fraction of sp³-hybridized carbons (Fsp3) is 0.929. The molecule has 106 valence electrons. The summed E-state index contributed by atoms with van der Waals surface area (Å²) in [5, 5.41) is 3.31. The number of carbonyl (C=O) groups excluding carboxylic acids is 1. The molecule has 1 heterocycles. The van der Waals surface area contributed by atoms with Crippen molar-refractivity contribution in [1.29, 1.82) is 0 Å². The maximum absolute atomic E-state index is 12.2. The summed E-state index contributed by atoms with van der Waals surface area (Å²) in [4.78, 5) is 14.3. The van der Waals surface area contributed by atoms with Gasteiger partial charge >= 0.3 is 0 Å². The van der Waals surface area contributed by atoms with Crippen LogP contribution in [0.5, 0.6) is 0 Å². The minimum absolute atomic E-state index is 0. The number of hydrogen-bond donors (Lipinski definition) is 1. The van der Waals surface area contributed by atoms with Crippen LogP contribution in [0.2, 0.25) is 0 Å². The molecule has 0 aromatic rings. The Bertz CT molecular complexity index is 246. The summed E-state index contributed by atoms with van der Waals surface area (Å²) in [6.45, 7) is 1.91. The smallest absolute Gasteiger partial charge is 0.222 e. The number of likely N-dealkylation sites (tertiary alicyclic amines) is 1. The summed E-state index contributed by atoms with van der Waals surface area (Å²) in [6, 6.07) is 0.619. The van der Waals surface area contributed by atoms with Gasteiger partial charge in [0.15, 0.2) is 0 Å². The molecule has 1 amide bonds. The van der Waals surface area contributed by atoms with Crippen LogP contribution in [0, 0.1) is 5.92 Å². The number of carbonyl (C=O) groups is 1. The first-order chi connectivity index (χ1) is 8.29. The highest BCUT2D eigenvalue weighted by molar-refractivity contribution is 5.85. The van der Waals surface area contributed by atoms with Crippen molar-refractivity contribution in [2.75, 3.05) is 20.1 Å². The Labute approximate surface area is 117 Å². The highest BCUT2D eigenvalue weighted by Gasteiger charge is 2.24. The van der Waals surface area contributed by atoms with E-state index in [0.717, 1.165) is 32.4 Å². The second-order valence-corrected chi connectivity index (χ2v) is 5.65. The standard InChI is InChI=1S/C14H26N2O.ClH/c1-15-13-7-9-16(10-8-13)14(17)11-12-5-3-2-4-6-12;/h12-13,15H,2-11H2,1H3;1H. The molecule has 0 unspecified atom stereocenters. The lowest BCUT2D eigenvalue weighted by Crippen LogP contribution is -2.44. The van der Waals surface area contributed by atoms with Gasteiger partial charge in [-0.1, -0.05) is 19.3 Å². The molecule has 3 nitrogen and oxygen atoms in total. The molecule has 0 aromatic heterocycles. The minimum Gasteiger partial charge on any atom is -0.343 e. The lowest BCUT2D eigenvalue weighted by Gasteiger charge is -2.33. The fourth-order valence-corrected chi connectivity index (χ4v) is 3.18. The van der Waals surface area contributed by atoms with Crippen LogP contribution in [0.1, 0.15) is 51.4 Å². The molecule has 1 saturated carbocycles. The SMILES string of the molecule is CNC1CCN(C(=O)CC2CCCCC2)CC1.Cl. The van der Waals surface area contributed by atoms with Crippen LogP contribution in [0.4, 0.5) is 0 Å². The Kier molecular flexibility index (Phi) is 7.02. The first kappa shape index (κ1) is 15.8. The average molecular weight is 275 g/mol. The number of hydrogen-bond acceptors (Lipinski definition) is 2. The van der Waals surface area contributed by atoms with E-state index < -0.39 is 0 Å². The third kappa shape index (κ3) is 4.43. The van der Waals surface area contributed by atoms with Crippen LogP contribution < -0.4 is 5.32 Å². The monoisotopic (exact) mass is 274 g/mol. The van der Waals surface area contributed by atoms with Crippen molar-refractivity contribution in [2.45, 2.75) is 57.4 Å². The number of amides is 1. The summed E-state index contributed by atoms with van der Waals surface area (Å²) in [7, 11) is 2.02. The zero-order chi connectivity index (χ0) is 12.1. The predicted molar refractivity (Wildman–Crippen MR) is 77.1 cm³/mol. The van der Waals surface area contributed by atoms with Crippen LogP contribution >= 0.6 is 12.4 Å². The average Bonchev–Trinajstić information content (AvgIpc) is 2.40. The molecule has 1 N–H and O–H groups in total. The molecular formula is C14H27ClN2O. The van der Waals surface area contributed by atoms with Crippen LogP contribution in [-0.4, -0.2) is 37.0 Å². The predicted octanol–water partition coefficient (Wildman–Crippen LogP) is 2.59. The number of nitrogens with zero attached hydrogens (tertiary/aromatic N) is 1. The van der Waals surface area contributed by atoms with Crippen LogP contribution in [-0.2, 0) is 4.79 Å². The van der Waals surface area contributed by atoms with Crippen molar-refractivity contribution in [3.05, 3.63) is 0 Å². The molecule has 0 bridgehead atoms. The van der Waals surface area contributed by atoms with Gasteiger partial charge in [-0.25, -0.2) is 0 Å². The van der Waals surface area contributed by atoms with Crippen molar-refractivity contribution >= 4 is 18.3 Å².